The Morgan fingerprint density at radius 2 is 1.00 bits per heavy atom. The number of aryl methyl sites for hydroxylation is 2. The molecule has 1 aliphatic carbocycles. The Kier molecular flexibility index (Phi) is 9.74. The summed E-state index contributed by atoms with van der Waals surface area (Å²) in [5, 5.41) is 21.8. The molecule has 2 N–H and O–H groups in total. The maximum atomic E-state index is 10.9. The van der Waals surface area contributed by atoms with Crippen LogP contribution in [0.2, 0.25) is 0 Å². The first-order valence-corrected chi connectivity index (χ1v) is 16.5. The van der Waals surface area contributed by atoms with E-state index >= 15 is 0 Å². The Morgan fingerprint density at radius 3 is 1.38 bits per heavy atom. The van der Waals surface area contributed by atoms with Gasteiger partial charge in [0.25, 0.3) is 0 Å². The van der Waals surface area contributed by atoms with Gasteiger partial charge < -0.3 is 19.2 Å². The molecule has 3 fully saturated rings. The van der Waals surface area contributed by atoms with Crippen molar-refractivity contribution in [3.05, 3.63) is 57.6 Å². The number of likely N-dealkylation sites (tertiary alicyclic amines) is 2. The number of aromatic hydroxyl groups is 2. The van der Waals surface area contributed by atoms with Gasteiger partial charge in [-0.15, -0.1) is 0 Å². The van der Waals surface area contributed by atoms with Crippen molar-refractivity contribution in [2.45, 2.75) is 103 Å². The number of benzene rings is 2. The first-order chi connectivity index (χ1) is 20.1. The lowest BCUT2D eigenvalue weighted by Gasteiger charge is -2.38. The molecule has 0 amide bonds. The average molecular weight is 575 g/mol. The Hall–Kier alpha value is -2.70. The van der Waals surface area contributed by atoms with Gasteiger partial charge in [0.2, 0.25) is 0 Å². The molecular formula is C36H54N4O2+2. The summed E-state index contributed by atoms with van der Waals surface area (Å²) in [7, 11) is 4.73. The lowest BCUT2D eigenvalue weighted by molar-refractivity contribution is -0.926. The van der Waals surface area contributed by atoms with Crippen molar-refractivity contribution in [3.63, 3.8) is 0 Å². The largest absolute Gasteiger partial charge is 0.507 e. The number of hydrogen-bond acceptors (Lipinski definition) is 4. The maximum Gasteiger partial charge on any atom is 0.127 e. The molecule has 2 saturated heterocycles. The van der Waals surface area contributed by atoms with Crippen molar-refractivity contribution in [2.24, 2.45) is 9.98 Å². The number of piperidine rings is 2. The fourth-order valence-electron chi connectivity index (χ4n) is 7.69. The summed E-state index contributed by atoms with van der Waals surface area (Å²) in [6.07, 6.45) is 15.9. The molecule has 6 heteroatoms. The summed E-state index contributed by atoms with van der Waals surface area (Å²) in [5.74, 6) is 0.670. The molecule has 3 aliphatic rings. The van der Waals surface area contributed by atoms with Gasteiger partial charge in [0, 0.05) is 34.7 Å². The molecule has 2 aromatic rings. The molecule has 42 heavy (non-hydrogen) atoms. The second-order valence-corrected chi connectivity index (χ2v) is 14.2. The number of phenols is 2. The predicted octanol–water partition coefficient (Wildman–Crippen LogP) is 6.82. The Bertz CT molecular complexity index is 1190. The number of aliphatic imine (C=N–C) groups is 2. The van der Waals surface area contributed by atoms with Crippen LogP contribution in [-0.2, 0) is 13.1 Å². The van der Waals surface area contributed by atoms with Crippen molar-refractivity contribution >= 4 is 12.4 Å². The minimum atomic E-state index is 0.0780. The van der Waals surface area contributed by atoms with Gasteiger partial charge in [-0.3, -0.25) is 9.98 Å². The third-order valence-electron chi connectivity index (χ3n) is 10.2. The Labute approximate surface area is 254 Å². The van der Waals surface area contributed by atoms with Crippen LogP contribution in [0.15, 0.2) is 34.3 Å². The van der Waals surface area contributed by atoms with Gasteiger partial charge in [-0.1, -0.05) is 12.8 Å². The SMILES string of the molecule is Cc1cc(C[N+]2(C)CCCCC2)cc(C=N[C@@H]2CCCC[C@H]2N=Cc2cc(C[N+]3(C)CCCCC3)cc(C)c2O)c1O. The molecule has 2 aromatic carbocycles. The van der Waals surface area contributed by atoms with Crippen LogP contribution in [0.5, 0.6) is 11.5 Å². The summed E-state index contributed by atoms with van der Waals surface area (Å²) in [4.78, 5) is 10.1. The minimum Gasteiger partial charge on any atom is -0.507 e. The number of phenolic OH excluding ortho intramolecular Hbond substituents is 2. The molecule has 228 valence electrons. The van der Waals surface area contributed by atoms with E-state index in [0.717, 1.165) is 70.0 Å². The van der Waals surface area contributed by atoms with E-state index in [1.54, 1.807) is 0 Å². The predicted molar refractivity (Wildman–Crippen MR) is 174 cm³/mol. The third kappa shape index (κ3) is 7.62. The van der Waals surface area contributed by atoms with Gasteiger partial charge in [0.15, 0.2) is 0 Å². The van der Waals surface area contributed by atoms with Crippen LogP contribution < -0.4 is 0 Å². The molecule has 0 aromatic heterocycles. The van der Waals surface area contributed by atoms with Crippen LogP contribution in [0.1, 0.15) is 97.6 Å². The minimum absolute atomic E-state index is 0.0780. The molecule has 5 rings (SSSR count). The highest BCUT2D eigenvalue weighted by molar-refractivity contribution is 5.85. The summed E-state index contributed by atoms with van der Waals surface area (Å²) < 4.78 is 2.15. The lowest BCUT2D eigenvalue weighted by atomic mass is 9.91. The zero-order valence-corrected chi connectivity index (χ0v) is 26.6. The molecule has 6 nitrogen and oxygen atoms in total. The van der Waals surface area contributed by atoms with Gasteiger partial charge in [-0.25, -0.2) is 0 Å². The highest BCUT2D eigenvalue weighted by atomic mass is 16.3. The average Bonchev–Trinajstić information content (AvgIpc) is 2.96. The highest BCUT2D eigenvalue weighted by Crippen LogP contribution is 2.30. The van der Waals surface area contributed by atoms with Crippen molar-refractivity contribution < 1.29 is 19.2 Å². The monoisotopic (exact) mass is 574 g/mol. The van der Waals surface area contributed by atoms with E-state index in [2.05, 4.69) is 38.4 Å². The normalized spacial score (nSPS) is 24.4. The van der Waals surface area contributed by atoms with E-state index in [9.17, 15) is 10.2 Å². The zero-order chi connectivity index (χ0) is 29.7. The standard InChI is InChI=1S/C36H52N4O2/c1-27-19-29(25-39(3)15-9-5-10-16-39)21-31(35(27)41)23-37-33-13-7-8-14-34(33)38-24-32-22-30(20-28(2)36(32)42)26-40(4)17-11-6-12-18-40/h19-24,33-34H,5-18,25-26H2,1-4H3/p+2/t33-,34-/m1/s1. The molecule has 2 atom stereocenters. The first-order valence-electron chi connectivity index (χ1n) is 16.5. The summed E-state index contributed by atoms with van der Waals surface area (Å²) in [6.45, 7) is 10.9. The van der Waals surface area contributed by atoms with E-state index in [-0.39, 0.29) is 12.1 Å². The fraction of sp³-hybridized carbons (Fsp3) is 0.611. The fourth-order valence-corrected chi connectivity index (χ4v) is 7.69. The van der Waals surface area contributed by atoms with Crippen LogP contribution in [0, 0.1) is 13.8 Å². The van der Waals surface area contributed by atoms with Crippen LogP contribution in [0.4, 0.5) is 0 Å². The van der Waals surface area contributed by atoms with Crippen LogP contribution >= 0.6 is 0 Å². The number of rotatable bonds is 8. The molecule has 0 radical (unpaired) electrons. The Morgan fingerprint density at radius 1 is 0.619 bits per heavy atom. The molecule has 0 bridgehead atoms. The topological polar surface area (TPSA) is 65.2 Å². The van der Waals surface area contributed by atoms with E-state index in [1.165, 1.54) is 75.8 Å². The molecule has 0 unspecified atom stereocenters. The van der Waals surface area contributed by atoms with Crippen molar-refractivity contribution in [1.82, 2.24) is 0 Å². The van der Waals surface area contributed by atoms with Gasteiger partial charge >= 0.3 is 0 Å². The van der Waals surface area contributed by atoms with Crippen LogP contribution in [0.25, 0.3) is 0 Å². The van der Waals surface area contributed by atoms with Gasteiger partial charge in [-0.05, 0) is 101 Å². The first kappa shape index (κ1) is 30.7. The van der Waals surface area contributed by atoms with Crippen molar-refractivity contribution in [3.8, 4) is 11.5 Å². The molecule has 0 spiro atoms. The van der Waals surface area contributed by atoms with E-state index < -0.39 is 0 Å². The molecule has 2 heterocycles. The van der Waals surface area contributed by atoms with Crippen LogP contribution in [-0.4, -0.2) is 84.0 Å². The summed E-state index contributed by atoms with van der Waals surface area (Å²) >= 11 is 0. The summed E-state index contributed by atoms with van der Waals surface area (Å²) in [5.41, 5.74) is 6.03. The van der Waals surface area contributed by atoms with E-state index in [1.807, 2.05) is 26.3 Å². The lowest BCUT2D eigenvalue weighted by Crippen LogP contribution is -2.47. The smallest absolute Gasteiger partial charge is 0.127 e. The van der Waals surface area contributed by atoms with Crippen molar-refractivity contribution in [2.75, 3.05) is 40.3 Å². The highest BCUT2D eigenvalue weighted by Gasteiger charge is 2.28. The van der Waals surface area contributed by atoms with Crippen LogP contribution in [0.3, 0.4) is 0 Å². The maximum absolute atomic E-state index is 10.9. The quantitative estimate of drug-likeness (QED) is 0.268. The molecular weight excluding hydrogens is 520 g/mol. The van der Waals surface area contributed by atoms with E-state index in [0.29, 0.717) is 11.5 Å². The number of nitrogens with zero attached hydrogens (tertiary/aromatic N) is 4. The van der Waals surface area contributed by atoms with Crippen molar-refractivity contribution in [1.29, 1.82) is 0 Å². The molecule has 2 aliphatic heterocycles. The second kappa shape index (κ2) is 13.3. The number of hydrogen-bond donors (Lipinski definition) is 2. The van der Waals surface area contributed by atoms with Gasteiger partial charge in [-0.2, -0.15) is 0 Å². The summed E-state index contributed by atoms with van der Waals surface area (Å²) in [6, 6.07) is 8.73. The third-order valence-corrected chi connectivity index (χ3v) is 10.2. The number of quaternary nitrogens is 2. The second-order valence-electron chi connectivity index (χ2n) is 14.2. The molecule has 1 saturated carbocycles. The van der Waals surface area contributed by atoms with Gasteiger partial charge in [0.1, 0.15) is 24.6 Å². The van der Waals surface area contributed by atoms with Gasteiger partial charge in [0.05, 0.1) is 52.4 Å². The zero-order valence-electron chi connectivity index (χ0n) is 26.6. The Balaban J connectivity index is 1.32. The van der Waals surface area contributed by atoms with E-state index in [4.69, 9.17) is 9.98 Å².